The predicted octanol–water partition coefficient (Wildman–Crippen LogP) is -1.89. The van der Waals surface area contributed by atoms with Gasteiger partial charge < -0.3 is 26.4 Å². The molecule has 1 atom stereocenters. The van der Waals surface area contributed by atoms with Crippen molar-refractivity contribution in [2.24, 2.45) is 0 Å². The summed E-state index contributed by atoms with van der Waals surface area (Å²) in [5.41, 5.74) is 0. The molecule has 5 heteroatoms. The SMILES string of the molecule is OCC1CNCCNCCCNCCN1. The number of hydrogen-bond donors (Lipinski definition) is 5. The van der Waals surface area contributed by atoms with Crippen LogP contribution in [-0.2, 0) is 0 Å². The normalized spacial score (nSPS) is 27.4. The van der Waals surface area contributed by atoms with Crippen LogP contribution < -0.4 is 21.3 Å². The molecule has 0 aromatic carbocycles. The van der Waals surface area contributed by atoms with Crippen LogP contribution in [0.2, 0.25) is 0 Å². The molecule has 5 nitrogen and oxygen atoms in total. The molecule has 0 aliphatic carbocycles. The highest BCUT2D eigenvalue weighted by Crippen LogP contribution is 1.80. The van der Waals surface area contributed by atoms with Crippen molar-refractivity contribution in [3.63, 3.8) is 0 Å². The van der Waals surface area contributed by atoms with Gasteiger partial charge in [0.05, 0.1) is 6.61 Å². The van der Waals surface area contributed by atoms with Gasteiger partial charge in [0, 0.05) is 38.8 Å². The Labute approximate surface area is 92.0 Å². The molecule has 1 aliphatic heterocycles. The van der Waals surface area contributed by atoms with Gasteiger partial charge in [0.1, 0.15) is 0 Å². The molecule has 1 rings (SSSR count). The molecule has 0 saturated carbocycles. The number of aliphatic hydroxyl groups excluding tert-OH is 1. The fourth-order valence-corrected chi connectivity index (χ4v) is 1.61. The second-order valence-electron chi connectivity index (χ2n) is 3.89. The molecule has 0 radical (unpaired) electrons. The van der Waals surface area contributed by atoms with E-state index in [2.05, 4.69) is 21.3 Å². The summed E-state index contributed by atoms with van der Waals surface area (Å²) in [6.07, 6.45) is 1.17. The van der Waals surface area contributed by atoms with Crippen LogP contribution in [0.25, 0.3) is 0 Å². The van der Waals surface area contributed by atoms with E-state index in [-0.39, 0.29) is 12.6 Å². The second-order valence-corrected chi connectivity index (χ2v) is 3.89. The third-order valence-electron chi connectivity index (χ3n) is 2.53. The van der Waals surface area contributed by atoms with E-state index in [4.69, 9.17) is 5.11 Å². The van der Waals surface area contributed by atoms with Crippen LogP contribution in [0.5, 0.6) is 0 Å². The fraction of sp³-hybridized carbons (Fsp3) is 1.00. The molecule has 1 aliphatic rings. The minimum absolute atomic E-state index is 0.174. The van der Waals surface area contributed by atoms with Gasteiger partial charge in [0.2, 0.25) is 0 Å². The van der Waals surface area contributed by atoms with Gasteiger partial charge in [-0.1, -0.05) is 0 Å². The zero-order chi connectivity index (χ0) is 10.8. The highest BCUT2D eigenvalue weighted by molar-refractivity contribution is 4.70. The molecule has 0 aromatic rings. The van der Waals surface area contributed by atoms with Crippen molar-refractivity contribution < 1.29 is 5.11 Å². The maximum Gasteiger partial charge on any atom is 0.0597 e. The molecule has 0 amide bonds. The average Bonchev–Trinajstić information content (AvgIpc) is 2.29. The number of aliphatic hydroxyl groups is 1. The van der Waals surface area contributed by atoms with Crippen LogP contribution in [0.4, 0.5) is 0 Å². The number of nitrogens with one attached hydrogen (secondary N) is 4. The molecule has 5 N–H and O–H groups in total. The highest BCUT2D eigenvalue weighted by Gasteiger charge is 2.05. The zero-order valence-electron chi connectivity index (χ0n) is 9.39. The summed E-state index contributed by atoms with van der Waals surface area (Å²) < 4.78 is 0. The third kappa shape index (κ3) is 6.81. The van der Waals surface area contributed by atoms with Gasteiger partial charge in [0.25, 0.3) is 0 Å². The summed E-state index contributed by atoms with van der Waals surface area (Å²) in [6.45, 7) is 7.01. The smallest absolute Gasteiger partial charge is 0.0597 e. The fourth-order valence-electron chi connectivity index (χ4n) is 1.61. The Morgan fingerprint density at radius 3 is 2.27 bits per heavy atom. The van der Waals surface area contributed by atoms with Crippen LogP contribution in [0.3, 0.4) is 0 Å². The van der Waals surface area contributed by atoms with Crippen molar-refractivity contribution in [3.05, 3.63) is 0 Å². The Kier molecular flexibility index (Phi) is 7.77. The van der Waals surface area contributed by atoms with Crippen molar-refractivity contribution in [2.75, 3.05) is 52.4 Å². The first-order valence-corrected chi connectivity index (χ1v) is 5.90. The quantitative estimate of drug-likeness (QED) is 0.355. The predicted molar refractivity (Wildman–Crippen MR) is 62.1 cm³/mol. The Hall–Kier alpha value is -0.200. The standard InChI is InChI=1S/C10H24N4O/c15-9-10-8-13-5-4-11-2-1-3-12-6-7-14-10/h10-15H,1-9H2. The Morgan fingerprint density at radius 1 is 0.867 bits per heavy atom. The molecule has 1 saturated heterocycles. The van der Waals surface area contributed by atoms with Gasteiger partial charge in [-0.25, -0.2) is 0 Å². The van der Waals surface area contributed by atoms with Gasteiger partial charge >= 0.3 is 0 Å². The lowest BCUT2D eigenvalue weighted by Gasteiger charge is -2.16. The summed E-state index contributed by atoms with van der Waals surface area (Å²) in [5.74, 6) is 0. The van der Waals surface area contributed by atoms with Crippen molar-refractivity contribution in [2.45, 2.75) is 12.5 Å². The molecular formula is C10H24N4O. The first-order chi connectivity index (χ1) is 7.43. The largest absolute Gasteiger partial charge is 0.395 e. The monoisotopic (exact) mass is 216 g/mol. The molecule has 0 spiro atoms. The minimum atomic E-state index is 0.174. The molecule has 0 bridgehead atoms. The topological polar surface area (TPSA) is 68.3 Å². The van der Waals surface area contributed by atoms with Gasteiger partial charge in [-0.15, -0.1) is 0 Å². The number of hydrogen-bond acceptors (Lipinski definition) is 5. The van der Waals surface area contributed by atoms with E-state index in [9.17, 15) is 0 Å². The molecule has 1 unspecified atom stereocenters. The van der Waals surface area contributed by atoms with E-state index in [1.807, 2.05) is 0 Å². The molecule has 15 heavy (non-hydrogen) atoms. The molecule has 90 valence electrons. The van der Waals surface area contributed by atoms with Gasteiger partial charge in [-0.05, 0) is 19.5 Å². The van der Waals surface area contributed by atoms with Gasteiger partial charge in [-0.3, -0.25) is 0 Å². The van der Waals surface area contributed by atoms with Crippen molar-refractivity contribution in [1.82, 2.24) is 21.3 Å². The van der Waals surface area contributed by atoms with Crippen LogP contribution in [0.1, 0.15) is 6.42 Å². The van der Waals surface area contributed by atoms with Gasteiger partial charge in [-0.2, -0.15) is 0 Å². The zero-order valence-corrected chi connectivity index (χ0v) is 9.39. The first kappa shape index (κ1) is 12.9. The van der Waals surface area contributed by atoms with E-state index in [1.165, 1.54) is 6.42 Å². The number of rotatable bonds is 1. The highest BCUT2D eigenvalue weighted by atomic mass is 16.3. The van der Waals surface area contributed by atoms with E-state index >= 15 is 0 Å². The maximum atomic E-state index is 9.11. The summed E-state index contributed by atoms with van der Waals surface area (Å²) in [7, 11) is 0. The molecule has 1 heterocycles. The lowest BCUT2D eigenvalue weighted by molar-refractivity contribution is 0.239. The molecular weight excluding hydrogens is 192 g/mol. The third-order valence-corrected chi connectivity index (χ3v) is 2.53. The van der Waals surface area contributed by atoms with Crippen molar-refractivity contribution >= 4 is 0 Å². The summed E-state index contributed by atoms with van der Waals surface area (Å²) in [4.78, 5) is 0. The van der Waals surface area contributed by atoms with Gasteiger partial charge in [0.15, 0.2) is 0 Å². The summed E-state index contributed by atoms with van der Waals surface area (Å²) in [5, 5.41) is 22.5. The van der Waals surface area contributed by atoms with E-state index in [0.717, 1.165) is 45.8 Å². The Morgan fingerprint density at radius 2 is 1.53 bits per heavy atom. The Balaban J connectivity index is 2.17. The minimum Gasteiger partial charge on any atom is -0.395 e. The van der Waals surface area contributed by atoms with E-state index in [1.54, 1.807) is 0 Å². The molecule has 0 aromatic heterocycles. The van der Waals surface area contributed by atoms with Crippen LogP contribution in [0.15, 0.2) is 0 Å². The molecule has 1 fully saturated rings. The van der Waals surface area contributed by atoms with E-state index in [0.29, 0.717) is 0 Å². The lowest BCUT2D eigenvalue weighted by Crippen LogP contribution is -2.44. The second kappa shape index (κ2) is 9.06. The van der Waals surface area contributed by atoms with Crippen LogP contribution in [0, 0.1) is 0 Å². The van der Waals surface area contributed by atoms with Crippen molar-refractivity contribution in [3.8, 4) is 0 Å². The first-order valence-electron chi connectivity index (χ1n) is 5.90. The van der Waals surface area contributed by atoms with Crippen LogP contribution in [-0.4, -0.2) is 63.6 Å². The lowest BCUT2D eigenvalue weighted by atomic mass is 10.3. The summed E-state index contributed by atoms with van der Waals surface area (Å²) in [6, 6.07) is 0.174. The average molecular weight is 216 g/mol. The Bertz CT molecular complexity index is 131. The van der Waals surface area contributed by atoms with Crippen molar-refractivity contribution in [1.29, 1.82) is 0 Å². The van der Waals surface area contributed by atoms with E-state index < -0.39 is 0 Å². The maximum absolute atomic E-state index is 9.11. The summed E-state index contributed by atoms with van der Waals surface area (Å²) >= 11 is 0. The van der Waals surface area contributed by atoms with Crippen LogP contribution >= 0.6 is 0 Å².